The average molecular weight is 257 g/mol. The van der Waals surface area contributed by atoms with Crippen LogP contribution in [0, 0.1) is 17.6 Å². The Kier molecular flexibility index (Phi) is 2.89. The topological polar surface area (TPSA) is 0 Å². The van der Waals surface area contributed by atoms with Crippen molar-refractivity contribution in [3.63, 3.8) is 0 Å². The van der Waals surface area contributed by atoms with Crippen LogP contribution in [-0.2, 0) is 12.8 Å². The molecule has 1 aliphatic rings. The van der Waals surface area contributed by atoms with E-state index in [9.17, 15) is 8.78 Å². The highest BCUT2D eigenvalue weighted by molar-refractivity contribution is 5.77. The van der Waals surface area contributed by atoms with E-state index in [1.165, 1.54) is 18.1 Å². The van der Waals surface area contributed by atoms with Gasteiger partial charge in [-0.15, -0.1) is 0 Å². The number of fused-ring (bicyclic) bond motifs is 3. The number of hydrogen-bond acceptors (Lipinski definition) is 0. The largest absolute Gasteiger partial charge is 0.207 e. The summed E-state index contributed by atoms with van der Waals surface area (Å²) in [5.74, 6) is 0.714. The molecule has 0 atom stereocenters. The van der Waals surface area contributed by atoms with Crippen molar-refractivity contribution in [1.82, 2.24) is 0 Å². The number of halogens is 2. The zero-order chi connectivity index (χ0) is 13.6. The highest BCUT2D eigenvalue weighted by Gasteiger charge is 2.21. The lowest BCUT2D eigenvalue weighted by Gasteiger charge is -2.09. The summed E-state index contributed by atoms with van der Waals surface area (Å²) in [5.41, 5.74) is 4.57. The van der Waals surface area contributed by atoms with Crippen molar-refractivity contribution in [2.45, 2.75) is 26.7 Å². The lowest BCUT2D eigenvalue weighted by Crippen LogP contribution is -1.97. The maximum absolute atomic E-state index is 14.1. The molecule has 0 bridgehead atoms. The van der Waals surface area contributed by atoms with E-state index in [1.54, 1.807) is 12.1 Å². The molecule has 2 aromatic carbocycles. The van der Waals surface area contributed by atoms with Crippen LogP contribution in [0.4, 0.5) is 8.78 Å². The Morgan fingerprint density at radius 1 is 1.00 bits per heavy atom. The highest BCUT2D eigenvalue weighted by Crippen LogP contribution is 2.38. The summed E-state index contributed by atoms with van der Waals surface area (Å²) >= 11 is 0. The molecule has 19 heavy (non-hydrogen) atoms. The first-order chi connectivity index (χ1) is 9.04. The van der Waals surface area contributed by atoms with Gasteiger partial charge in [0, 0.05) is 0 Å². The lowest BCUT2D eigenvalue weighted by atomic mass is 9.97. The van der Waals surface area contributed by atoms with E-state index in [0.29, 0.717) is 6.42 Å². The van der Waals surface area contributed by atoms with Crippen LogP contribution in [0.3, 0.4) is 0 Å². The Morgan fingerprint density at radius 3 is 2.47 bits per heavy atom. The third-order valence-electron chi connectivity index (χ3n) is 3.56. The molecule has 0 N–H and O–H groups in total. The molecule has 0 saturated carbocycles. The van der Waals surface area contributed by atoms with Crippen molar-refractivity contribution < 1.29 is 8.78 Å². The normalized spacial score (nSPS) is 12.7. The summed E-state index contributed by atoms with van der Waals surface area (Å²) in [5, 5.41) is 0. The van der Waals surface area contributed by atoms with Gasteiger partial charge >= 0.3 is 0 Å². The van der Waals surface area contributed by atoms with Crippen LogP contribution in [0.25, 0.3) is 11.1 Å². The van der Waals surface area contributed by atoms with Crippen molar-refractivity contribution in [3.8, 4) is 11.1 Å². The molecule has 0 aliphatic heterocycles. The fourth-order valence-corrected chi connectivity index (χ4v) is 2.74. The van der Waals surface area contributed by atoms with Crippen LogP contribution in [0.5, 0.6) is 0 Å². The summed E-state index contributed by atoms with van der Waals surface area (Å²) < 4.78 is 27.4. The van der Waals surface area contributed by atoms with Crippen molar-refractivity contribution >= 4 is 0 Å². The second-order valence-electron chi connectivity index (χ2n) is 5.46. The summed E-state index contributed by atoms with van der Waals surface area (Å²) in [6, 6.07) is 8.23. The van der Waals surface area contributed by atoms with Crippen LogP contribution in [0.1, 0.15) is 30.5 Å². The van der Waals surface area contributed by atoms with Gasteiger partial charge in [0.15, 0.2) is 0 Å². The lowest BCUT2D eigenvalue weighted by molar-refractivity contribution is 0.610. The minimum Gasteiger partial charge on any atom is -0.207 e. The van der Waals surface area contributed by atoms with E-state index < -0.39 is 0 Å². The van der Waals surface area contributed by atoms with E-state index in [-0.39, 0.29) is 11.6 Å². The van der Waals surface area contributed by atoms with Gasteiger partial charge in [-0.1, -0.05) is 26.0 Å². The molecule has 2 aromatic rings. The van der Waals surface area contributed by atoms with Crippen molar-refractivity contribution in [2.24, 2.45) is 0 Å². The predicted molar refractivity (Wildman–Crippen MR) is 72.9 cm³/mol. The van der Waals surface area contributed by atoms with Gasteiger partial charge in [0.1, 0.15) is 11.6 Å². The van der Waals surface area contributed by atoms with E-state index >= 15 is 0 Å². The van der Waals surface area contributed by atoms with Crippen LogP contribution in [-0.4, -0.2) is 0 Å². The third-order valence-corrected chi connectivity index (χ3v) is 3.56. The SMILES string of the molecule is C[C](C)Cc1cc2c(cc1F)-c1cc(F)ccc1C2. The van der Waals surface area contributed by atoms with E-state index in [4.69, 9.17) is 0 Å². The van der Waals surface area contributed by atoms with Crippen molar-refractivity contribution in [1.29, 1.82) is 0 Å². The molecule has 0 fully saturated rings. The van der Waals surface area contributed by atoms with Gasteiger partial charge < -0.3 is 0 Å². The Labute approximate surface area is 112 Å². The van der Waals surface area contributed by atoms with Gasteiger partial charge in [-0.2, -0.15) is 0 Å². The maximum Gasteiger partial charge on any atom is 0.127 e. The summed E-state index contributed by atoms with van der Waals surface area (Å²) in [7, 11) is 0. The fraction of sp³-hybridized carbons (Fsp3) is 0.235. The van der Waals surface area contributed by atoms with Gasteiger partial charge in [-0.3, -0.25) is 0 Å². The van der Waals surface area contributed by atoms with Gasteiger partial charge in [0.25, 0.3) is 0 Å². The summed E-state index contributed by atoms with van der Waals surface area (Å²) in [4.78, 5) is 0. The Bertz CT molecular complexity index is 642. The summed E-state index contributed by atoms with van der Waals surface area (Å²) in [6.45, 7) is 3.99. The minimum atomic E-state index is -0.270. The molecule has 0 heterocycles. The fourth-order valence-electron chi connectivity index (χ4n) is 2.74. The molecule has 3 rings (SSSR count). The smallest absolute Gasteiger partial charge is 0.127 e. The third kappa shape index (κ3) is 2.16. The van der Waals surface area contributed by atoms with Gasteiger partial charge in [-0.25, -0.2) is 8.78 Å². The molecule has 0 aromatic heterocycles. The van der Waals surface area contributed by atoms with Gasteiger partial charge in [-0.05, 0) is 64.8 Å². The molecule has 0 amide bonds. The first kappa shape index (κ1) is 12.3. The number of hydrogen-bond donors (Lipinski definition) is 0. The Hall–Kier alpha value is -1.70. The van der Waals surface area contributed by atoms with Crippen molar-refractivity contribution in [3.05, 3.63) is 64.6 Å². The minimum absolute atomic E-state index is 0.197. The van der Waals surface area contributed by atoms with Crippen LogP contribution in [0.2, 0.25) is 0 Å². The van der Waals surface area contributed by atoms with Gasteiger partial charge in [0.2, 0.25) is 0 Å². The Balaban J connectivity index is 2.09. The Morgan fingerprint density at radius 2 is 1.74 bits per heavy atom. The van der Waals surface area contributed by atoms with Crippen LogP contribution in [0.15, 0.2) is 30.3 Å². The standard InChI is InChI=1S/C17H15F2/c1-10(2)5-13-7-12-6-11-3-4-14(18)8-15(11)16(12)9-17(13)19/h3-4,7-9H,5-6H2,1-2H3. The average Bonchev–Trinajstić information content (AvgIpc) is 2.66. The molecule has 1 aliphatic carbocycles. The highest BCUT2D eigenvalue weighted by atomic mass is 19.1. The molecule has 2 heteroatoms. The molecule has 0 nitrogen and oxygen atoms in total. The molecule has 0 saturated heterocycles. The van der Waals surface area contributed by atoms with E-state index in [0.717, 1.165) is 34.2 Å². The number of rotatable bonds is 2. The molecule has 97 valence electrons. The maximum atomic E-state index is 14.1. The van der Waals surface area contributed by atoms with Crippen LogP contribution >= 0.6 is 0 Å². The monoisotopic (exact) mass is 257 g/mol. The van der Waals surface area contributed by atoms with Crippen LogP contribution < -0.4 is 0 Å². The quantitative estimate of drug-likeness (QED) is 0.624. The van der Waals surface area contributed by atoms with E-state index in [1.807, 2.05) is 19.9 Å². The summed E-state index contributed by atoms with van der Waals surface area (Å²) in [6.07, 6.45) is 1.42. The van der Waals surface area contributed by atoms with Gasteiger partial charge in [0.05, 0.1) is 0 Å². The molecule has 1 radical (unpaired) electrons. The molecule has 0 unspecified atom stereocenters. The second kappa shape index (κ2) is 4.44. The first-order valence-electron chi connectivity index (χ1n) is 6.43. The molecule has 0 spiro atoms. The zero-order valence-corrected chi connectivity index (χ0v) is 11.1. The van der Waals surface area contributed by atoms with Crippen molar-refractivity contribution in [2.75, 3.05) is 0 Å². The molecular weight excluding hydrogens is 242 g/mol. The number of benzene rings is 2. The predicted octanol–water partition coefficient (Wildman–Crippen LogP) is 4.69. The zero-order valence-electron chi connectivity index (χ0n) is 11.1. The second-order valence-corrected chi connectivity index (χ2v) is 5.46. The first-order valence-corrected chi connectivity index (χ1v) is 6.43. The van der Waals surface area contributed by atoms with E-state index in [2.05, 4.69) is 0 Å². The molecular formula is C17H15F2.